The number of rotatable bonds is 4. The van der Waals surface area contributed by atoms with E-state index in [9.17, 15) is 4.79 Å². The third-order valence-electron chi connectivity index (χ3n) is 2.92. The second-order valence-corrected chi connectivity index (χ2v) is 5.76. The number of aryl methyl sites for hydroxylation is 1. The number of benzene rings is 2. The highest BCUT2D eigenvalue weighted by molar-refractivity contribution is 6.35. The Balaban J connectivity index is 2.02. The van der Waals surface area contributed by atoms with Crippen molar-refractivity contribution in [2.45, 2.75) is 19.9 Å². The summed E-state index contributed by atoms with van der Waals surface area (Å²) in [7, 11) is 0. The van der Waals surface area contributed by atoms with Crippen molar-refractivity contribution in [3.05, 3.63) is 58.1 Å². The molecule has 0 bridgehead atoms. The molecule has 0 aliphatic rings. The summed E-state index contributed by atoms with van der Waals surface area (Å²) in [5, 5.41) is 6.91. The topological polar surface area (TPSA) is 41.1 Å². The van der Waals surface area contributed by atoms with Crippen molar-refractivity contribution in [1.29, 1.82) is 0 Å². The first-order valence-electron chi connectivity index (χ1n) is 6.54. The Morgan fingerprint density at radius 3 is 2.33 bits per heavy atom. The lowest BCUT2D eigenvalue weighted by molar-refractivity contribution is -0.116. The fourth-order valence-electron chi connectivity index (χ4n) is 1.93. The van der Waals surface area contributed by atoms with E-state index in [2.05, 4.69) is 10.6 Å². The quantitative estimate of drug-likeness (QED) is 0.853. The fraction of sp³-hybridized carbons (Fsp3) is 0.188. The molecular formula is C16H16Cl2N2O. The van der Waals surface area contributed by atoms with Gasteiger partial charge in [-0.25, -0.2) is 0 Å². The number of anilines is 2. The van der Waals surface area contributed by atoms with Crippen molar-refractivity contribution in [1.82, 2.24) is 0 Å². The standard InChI is InChI=1S/C16H16Cl2N2O/c1-10-4-3-5-14(6-10)19-11(2)16(21)20-15-8-12(17)7-13(18)9-15/h3-9,11,19H,1-2H3,(H,20,21)/t11-/m0/s1. The van der Waals surface area contributed by atoms with Gasteiger partial charge in [-0.3, -0.25) is 4.79 Å². The zero-order valence-electron chi connectivity index (χ0n) is 11.8. The van der Waals surface area contributed by atoms with Crippen LogP contribution in [0.2, 0.25) is 10.0 Å². The van der Waals surface area contributed by atoms with E-state index in [-0.39, 0.29) is 11.9 Å². The van der Waals surface area contributed by atoms with Crippen molar-refractivity contribution in [2.75, 3.05) is 10.6 Å². The Morgan fingerprint density at radius 2 is 1.71 bits per heavy atom. The van der Waals surface area contributed by atoms with Crippen molar-refractivity contribution < 1.29 is 4.79 Å². The molecular weight excluding hydrogens is 307 g/mol. The first-order valence-corrected chi connectivity index (χ1v) is 7.30. The van der Waals surface area contributed by atoms with E-state index in [1.54, 1.807) is 25.1 Å². The number of carbonyl (C=O) groups is 1. The van der Waals surface area contributed by atoms with Gasteiger partial charge in [-0.2, -0.15) is 0 Å². The van der Waals surface area contributed by atoms with Gasteiger partial charge in [0, 0.05) is 21.4 Å². The number of nitrogens with one attached hydrogen (secondary N) is 2. The number of hydrogen-bond donors (Lipinski definition) is 2. The van der Waals surface area contributed by atoms with Crippen LogP contribution in [-0.4, -0.2) is 11.9 Å². The Kier molecular flexibility index (Phi) is 5.10. The zero-order chi connectivity index (χ0) is 15.4. The zero-order valence-corrected chi connectivity index (χ0v) is 13.3. The van der Waals surface area contributed by atoms with E-state index >= 15 is 0 Å². The summed E-state index contributed by atoms with van der Waals surface area (Å²) in [6.07, 6.45) is 0. The summed E-state index contributed by atoms with van der Waals surface area (Å²) >= 11 is 11.8. The van der Waals surface area contributed by atoms with Crippen molar-refractivity contribution in [2.24, 2.45) is 0 Å². The molecule has 2 aromatic carbocycles. The van der Waals surface area contributed by atoms with Crippen molar-refractivity contribution in [3.8, 4) is 0 Å². The van der Waals surface area contributed by atoms with Crippen LogP contribution >= 0.6 is 23.2 Å². The van der Waals surface area contributed by atoms with E-state index in [0.29, 0.717) is 15.7 Å². The molecule has 0 radical (unpaired) electrons. The van der Waals surface area contributed by atoms with E-state index in [1.165, 1.54) is 0 Å². The van der Waals surface area contributed by atoms with Crippen LogP contribution in [0.25, 0.3) is 0 Å². The van der Waals surface area contributed by atoms with Crippen LogP contribution in [0.15, 0.2) is 42.5 Å². The van der Waals surface area contributed by atoms with Crippen LogP contribution in [-0.2, 0) is 4.79 Å². The van der Waals surface area contributed by atoms with Crippen molar-refractivity contribution >= 4 is 40.5 Å². The van der Waals surface area contributed by atoms with Gasteiger partial charge in [0.2, 0.25) is 5.91 Å². The molecule has 0 saturated heterocycles. The van der Waals surface area contributed by atoms with Crippen LogP contribution in [0.4, 0.5) is 11.4 Å². The summed E-state index contributed by atoms with van der Waals surface area (Å²) in [5.41, 5.74) is 2.62. The molecule has 0 spiro atoms. The Morgan fingerprint density at radius 1 is 1.05 bits per heavy atom. The normalized spacial score (nSPS) is 11.8. The monoisotopic (exact) mass is 322 g/mol. The van der Waals surface area contributed by atoms with Crippen molar-refractivity contribution in [3.63, 3.8) is 0 Å². The van der Waals surface area contributed by atoms with Gasteiger partial charge < -0.3 is 10.6 Å². The van der Waals surface area contributed by atoms with Crippen LogP contribution in [0.5, 0.6) is 0 Å². The summed E-state index contributed by atoms with van der Waals surface area (Å²) in [5.74, 6) is -0.158. The van der Waals surface area contributed by atoms with Gasteiger partial charge >= 0.3 is 0 Å². The molecule has 0 aliphatic carbocycles. The molecule has 21 heavy (non-hydrogen) atoms. The predicted molar refractivity (Wildman–Crippen MR) is 89.4 cm³/mol. The van der Waals surface area contributed by atoms with Gasteiger partial charge in [-0.05, 0) is 49.7 Å². The van der Waals surface area contributed by atoms with E-state index in [4.69, 9.17) is 23.2 Å². The largest absolute Gasteiger partial charge is 0.374 e. The van der Waals surface area contributed by atoms with Gasteiger partial charge in [-0.15, -0.1) is 0 Å². The van der Waals surface area contributed by atoms with Gasteiger partial charge in [0.05, 0.1) is 0 Å². The van der Waals surface area contributed by atoms with Crippen LogP contribution in [0, 0.1) is 6.92 Å². The number of amides is 1. The van der Waals surface area contributed by atoms with Gasteiger partial charge in [-0.1, -0.05) is 35.3 Å². The molecule has 2 N–H and O–H groups in total. The third-order valence-corrected chi connectivity index (χ3v) is 3.36. The average molecular weight is 323 g/mol. The minimum atomic E-state index is -0.385. The van der Waals surface area contributed by atoms with Crippen LogP contribution < -0.4 is 10.6 Å². The van der Waals surface area contributed by atoms with E-state index < -0.39 is 0 Å². The second-order valence-electron chi connectivity index (χ2n) is 4.88. The Hall–Kier alpha value is -1.71. The first kappa shape index (κ1) is 15.7. The van der Waals surface area contributed by atoms with Gasteiger partial charge in [0.15, 0.2) is 0 Å². The lowest BCUT2D eigenvalue weighted by atomic mass is 10.2. The highest BCUT2D eigenvalue weighted by Crippen LogP contribution is 2.22. The van der Waals surface area contributed by atoms with Crippen LogP contribution in [0.1, 0.15) is 12.5 Å². The molecule has 0 heterocycles. The molecule has 3 nitrogen and oxygen atoms in total. The summed E-state index contributed by atoms with van der Waals surface area (Å²) < 4.78 is 0. The molecule has 0 unspecified atom stereocenters. The third kappa shape index (κ3) is 4.66. The number of carbonyl (C=O) groups excluding carboxylic acids is 1. The number of halogens is 2. The molecule has 0 aliphatic heterocycles. The number of hydrogen-bond acceptors (Lipinski definition) is 2. The maximum atomic E-state index is 12.2. The van der Waals surface area contributed by atoms with Gasteiger partial charge in [0.1, 0.15) is 6.04 Å². The molecule has 0 fully saturated rings. The SMILES string of the molecule is Cc1cccc(N[C@@H](C)C(=O)Nc2cc(Cl)cc(Cl)c2)c1. The van der Waals surface area contributed by atoms with Crippen LogP contribution in [0.3, 0.4) is 0 Å². The fourth-order valence-corrected chi connectivity index (χ4v) is 2.45. The smallest absolute Gasteiger partial charge is 0.246 e. The lowest BCUT2D eigenvalue weighted by Crippen LogP contribution is -2.31. The summed E-state index contributed by atoms with van der Waals surface area (Å²) in [4.78, 5) is 12.2. The van der Waals surface area contributed by atoms with Gasteiger partial charge in [0.25, 0.3) is 0 Å². The average Bonchev–Trinajstić information content (AvgIpc) is 2.37. The Bertz CT molecular complexity index is 638. The highest BCUT2D eigenvalue weighted by Gasteiger charge is 2.13. The molecule has 110 valence electrons. The molecule has 2 aromatic rings. The predicted octanol–water partition coefficient (Wildman–Crippen LogP) is 4.74. The lowest BCUT2D eigenvalue weighted by Gasteiger charge is -2.16. The molecule has 0 saturated carbocycles. The minimum Gasteiger partial charge on any atom is -0.374 e. The minimum absolute atomic E-state index is 0.158. The van der Waals surface area contributed by atoms with E-state index in [0.717, 1.165) is 11.3 Å². The summed E-state index contributed by atoms with van der Waals surface area (Å²) in [6.45, 7) is 3.80. The second kappa shape index (κ2) is 6.83. The molecule has 5 heteroatoms. The molecule has 0 aromatic heterocycles. The molecule has 1 amide bonds. The first-order chi connectivity index (χ1) is 9.94. The highest BCUT2D eigenvalue weighted by atomic mass is 35.5. The summed E-state index contributed by atoms with van der Waals surface area (Å²) in [6, 6.07) is 12.4. The molecule has 2 rings (SSSR count). The maximum Gasteiger partial charge on any atom is 0.246 e. The maximum absolute atomic E-state index is 12.2. The van der Waals surface area contributed by atoms with E-state index in [1.807, 2.05) is 31.2 Å². The molecule has 1 atom stereocenters. The Labute approximate surface area is 134 Å².